The van der Waals surface area contributed by atoms with Gasteiger partial charge in [0.1, 0.15) is 0 Å². The van der Waals surface area contributed by atoms with Gasteiger partial charge in [0.05, 0.1) is 6.61 Å². The van der Waals surface area contributed by atoms with E-state index in [0.29, 0.717) is 6.04 Å². The first-order valence-electron chi connectivity index (χ1n) is 7.24. The van der Waals surface area contributed by atoms with E-state index in [1.807, 2.05) is 18.2 Å². The Hall–Kier alpha value is -1.64. The van der Waals surface area contributed by atoms with Crippen molar-refractivity contribution in [3.05, 3.63) is 71.3 Å². The summed E-state index contributed by atoms with van der Waals surface area (Å²) in [6, 6.07) is 19.1. The Morgan fingerprint density at radius 3 is 2.30 bits per heavy atom. The lowest BCUT2D eigenvalue weighted by atomic mass is 10.0. The molecule has 2 rings (SSSR count). The van der Waals surface area contributed by atoms with E-state index in [1.54, 1.807) is 0 Å². The second-order valence-electron chi connectivity index (χ2n) is 5.23. The van der Waals surface area contributed by atoms with Gasteiger partial charge in [-0.2, -0.15) is 0 Å². The molecule has 0 heterocycles. The number of aliphatic hydroxyl groups is 1. The van der Waals surface area contributed by atoms with Gasteiger partial charge in [0, 0.05) is 12.6 Å². The maximum atomic E-state index is 9.31. The van der Waals surface area contributed by atoms with E-state index in [0.717, 1.165) is 24.9 Å². The minimum Gasteiger partial charge on any atom is -0.392 e. The normalized spacial score (nSPS) is 12.3. The van der Waals surface area contributed by atoms with Gasteiger partial charge in [-0.3, -0.25) is 0 Å². The lowest BCUT2D eigenvalue weighted by Crippen LogP contribution is -2.26. The summed E-state index contributed by atoms with van der Waals surface area (Å²) in [5, 5.41) is 12.8. The van der Waals surface area contributed by atoms with Crippen molar-refractivity contribution in [2.24, 2.45) is 0 Å². The number of rotatable bonds is 7. The van der Waals surface area contributed by atoms with Crippen LogP contribution < -0.4 is 5.32 Å². The summed E-state index contributed by atoms with van der Waals surface area (Å²) in [7, 11) is 0. The Morgan fingerprint density at radius 1 is 0.950 bits per heavy atom. The van der Waals surface area contributed by atoms with Gasteiger partial charge in [-0.25, -0.2) is 0 Å². The summed E-state index contributed by atoms with van der Waals surface area (Å²) >= 11 is 0. The third-order valence-electron chi connectivity index (χ3n) is 3.64. The van der Waals surface area contributed by atoms with Crippen LogP contribution in [0.3, 0.4) is 0 Å². The van der Waals surface area contributed by atoms with Crippen LogP contribution in [-0.4, -0.2) is 11.1 Å². The molecule has 2 N–H and O–H groups in total. The maximum Gasteiger partial charge on any atom is 0.0685 e. The van der Waals surface area contributed by atoms with Crippen LogP contribution >= 0.6 is 0 Å². The molecule has 0 aliphatic carbocycles. The summed E-state index contributed by atoms with van der Waals surface area (Å²) in [6.07, 6.45) is 2.21. The van der Waals surface area contributed by atoms with Crippen LogP contribution in [-0.2, 0) is 19.6 Å². The minimum atomic E-state index is 0.107. The molecule has 0 aromatic heterocycles. The topological polar surface area (TPSA) is 32.3 Å². The van der Waals surface area contributed by atoms with Crippen molar-refractivity contribution in [1.29, 1.82) is 0 Å². The molecule has 0 amide bonds. The molecule has 2 nitrogen and oxygen atoms in total. The summed E-state index contributed by atoms with van der Waals surface area (Å²) in [5.41, 5.74) is 3.58. The van der Waals surface area contributed by atoms with Gasteiger partial charge in [-0.15, -0.1) is 0 Å². The Labute approximate surface area is 121 Å². The lowest BCUT2D eigenvalue weighted by Gasteiger charge is -2.15. The van der Waals surface area contributed by atoms with Crippen molar-refractivity contribution in [1.82, 2.24) is 5.32 Å². The third-order valence-corrected chi connectivity index (χ3v) is 3.64. The zero-order valence-electron chi connectivity index (χ0n) is 12.0. The van der Waals surface area contributed by atoms with E-state index in [9.17, 15) is 5.11 Å². The molecule has 0 spiro atoms. The number of hydrogen-bond donors (Lipinski definition) is 2. The van der Waals surface area contributed by atoms with Crippen molar-refractivity contribution in [3.63, 3.8) is 0 Å². The van der Waals surface area contributed by atoms with Crippen molar-refractivity contribution in [2.75, 3.05) is 0 Å². The van der Waals surface area contributed by atoms with Gasteiger partial charge in [-0.05, 0) is 36.5 Å². The highest BCUT2D eigenvalue weighted by Gasteiger charge is 2.04. The standard InChI is InChI=1S/C18H23NO/c1-15(11-12-16-7-3-2-4-8-16)19-13-17-9-5-6-10-18(17)14-20/h2-10,15,19-20H,11-14H2,1H3. The molecule has 0 aliphatic rings. The first-order valence-corrected chi connectivity index (χ1v) is 7.24. The van der Waals surface area contributed by atoms with Crippen LogP contribution in [0, 0.1) is 0 Å². The summed E-state index contributed by atoms with van der Waals surface area (Å²) < 4.78 is 0. The Kier molecular flexibility index (Phi) is 5.78. The number of benzene rings is 2. The molecule has 106 valence electrons. The van der Waals surface area contributed by atoms with E-state index in [-0.39, 0.29) is 6.61 Å². The fourth-order valence-electron chi connectivity index (χ4n) is 2.30. The smallest absolute Gasteiger partial charge is 0.0685 e. The minimum absolute atomic E-state index is 0.107. The molecule has 0 saturated carbocycles. The SMILES string of the molecule is CC(CCc1ccccc1)NCc1ccccc1CO. The summed E-state index contributed by atoms with van der Waals surface area (Å²) in [4.78, 5) is 0. The number of nitrogens with one attached hydrogen (secondary N) is 1. The fourth-order valence-corrected chi connectivity index (χ4v) is 2.30. The molecule has 2 aromatic rings. The predicted octanol–water partition coefficient (Wildman–Crippen LogP) is 3.29. The molecule has 0 bridgehead atoms. The molecule has 0 radical (unpaired) electrons. The quantitative estimate of drug-likeness (QED) is 0.808. The first kappa shape index (κ1) is 14.8. The fraction of sp³-hybridized carbons (Fsp3) is 0.333. The Morgan fingerprint density at radius 2 is 1.60 bits per heavy atom. The van der Waals surface area contributed by atoms with E-state index < -0.39 is 0 Å². The van der Waals surface area contributed by atoms with Crippen LogP contribution in [0.15, 0.2) is 54.6 Å². The third kappa shape index (κ3) is 4.48. The van der Waals surface area contributed by atoms with Crippen molar-refractivity contribution in [2.45, 2.75) is 39.0 Å². The van der Waals surface area contributed by atoms with E-state index >= 15 is 0 Å². The number of hydrogen-bond acceptors (Lipinski definition) is 2. The van der Waals surface area contributed by atoms with E-state index in [1.165, 1.54) is 11.1 Å². The van der Waals surface area contributed by atoms with E-state index in [4.69, 9.17) is 0 Å². The Bertz CT molecular complexity index is 510. The van der Waals surface area contributed by atoms with Crippen LogP contribution in [0.1, 0.15) is 30.0 Å². The zero-order chi connectivity index (χ0) is 14.2. The monoisotopic (exact) mass is 269 g/mol. The van der Waals surface area contributed by atoms with Gasteiger partial charge < -0.3 is 10.4 Å². The highest BCUT2D eigenvalue weighted by Crippen LogP contribution is 2.10. The zero-order valence-corrected chi connectivity index (χ0v) is 12.0. The molecule has 1 unspecified atom stereocenters. The molecule has 20 heavy (non-hydrogen) atoms. The second kappa shape index (κ2) is 7.83. The molecule has 0 fully saturated rings. The molecular formula is C18H23NO. The lowest BCUT2D eigenvalue weighted by molar-refractivity contribution is 0.280. The van der Waals surface area contributed by atoms with Gasteiger partial charge >= 0.3 is 0 Å². The van der Waals surface area contributed by atoms with Gasteiger partial charge in [0.25, 0.3) is 0 Å². The van der Waals surface area contributed by atoms with Gasteiger partial charge in [-0.1, -0.05) is 54.6 Å². The molecule has 1 atom stereocenters. The molecular weight excluding hydrogens is 246 g/mol. The maximum absolute atomic E-state index is 9.31. The molecule has 2 heteroatoms. The molecule has 0 saturated heterocycles. The van der Waals surface area contributed by atoms with Crippen LogP contribution in [0.25, 0.3) is 0 Å². The van der Waals surface area contributed by atoms with Crippen LogP contribution in [0.4, 0.5) is 0 Å². The van der Waals surface area contributed by atoms with E-state index in [2.05, 4.69) is 48.6 Å². The average molecular weight is 269 g/mol. The number of aryl methyl sites for hydroxylation is 1. The second-order valence-corrected chi connectivity index (χ2v) is 5.23. The van der Waals surface area contributed by atoms with Gasteiger partial charge in [0.2, 0.25) is 0 Å². The highest BCUT2D eigenvalue weighted by atomic mass is 16.3. The summed E-state index contributed by atoms with van der Waals surface area (Å²) in [5.74, 6) is 0. The highest BCUT2D eigenvalue weighted by molar-refractivity contribution is 5.26. The number of aliphatic hydroxyl groups excluding tert-OH is 1. The average Bonchev–Trinajstić information content (AvgIpc) is 2.52. The van der Waals surface area contributed by atoms with Crippen molar-refractivity contribution >= 4 is 0 Å². The molecule has 2 aromatic carbocycles. The van der Waals surface area contributed by atoms with Crippen LogP contribution in [0.2, 0.25) is 0 Å². The Balaban J connectivity index is 1.79. The van der Waals surface area contributed by atoms with Crippen molar-refractivity contribution < 1.29 is 5.11 Å². The van der Waals surface area contributed by atoms with Gasteiger partial charge in [0.15, 0.2) is 0 Å². The largest absolute Gasteiger partial charge is 0.392 e. The van der Waals surface area contributed by atoms with Crippen LogP contribution in [0.5, 0.6) is 0 Å². The summed E-state index contributed by atoms with van der Waals surface area (Å²) in [6.45, 7) is 3.13. The predicted molar refractivity (Wildman–Crippen MR) is 83.4 cm³/mol. The first-order chi connectivity index (χ1) is 9.79. The molecule has 0 aliphatic heterocycles. The van der Waals surface area contributed by atoms with Crippen molar-refractivity contribution in [3.8, 4) is 0 Å².